The van der Waals surface area contributed by atoms with Crippen LogP contribution in [-0.2, 0) is 13.0 Å². The lowest BCUT2D eigenvalue weighted by Crippen LogP contribution is -2.13. The minimum Gasteiger partial charge on any atom is -0.313 e. The summed E-state index contributed by atoms with van der Waals surface area (Å²) in [4.78, 5) is 0. The van der Waals surface area contributed by atoms with Crippen molar-refractivity contribution in [1.82, 2.24) is 5.32 Å². The number of halogens is 1. The number of nitrogens with one attached hydrogen (secondary N) is 1. The molecule has 0 atom stereocenters. The molecule has 16 heavy (non-hydrogen) atoms. The second kappa shape index (κ2) is 6.93. The average molecular weight is 240 g/mol. The molecular weight excluding hydrogens is 218 g/mol. The van der Waals surface area contributed by atoms with E-state index < -0.39 is 0 Å². The van der Waals surface area contributed by atoms with Crippen LogP contribution in [0, 0.1) is 5.92 Å². The van der Waals surface area contributed by atoms with Crippen LogP contribution in [0.25, 0.3) is 0 Å². The molecule has 1 nitrogen and oxygen atoms in total. The van der Waals surface area contributed by atoms with Gasteiger partial charge in [0.15, 0.2) is 0 Å². The zero-order valence-corrected chi connectivity index (χ0v) is 11.3. The van der Waals surface area contributed by atoms with Gasteiger partial charge in [0.05, 0.1) is 0 Å². The van der Waals surface area contributed by atoms with Crippen molar-refractivity contribution < 1.29 is 0 Å². The van der Waals surface area contributed by atoms with Crippen LogP contribution in [0.2, 0.25) is 5.02 Å². The van der Waals surface area contributed by atoms with E-state index in [-0.39, 0.29) is 0 Å². The van der Waals surface area contributed by atoms with Gasteiger partial charge in [0.2, 0.25) is 0 Å². The second-order valence-electron chi connectivity index (χ2n) is 4.70. The van der Waals surface area contributed by atoms with Gasteiger partial charge in [-0.15, -0.1) is 0 Å². The number of hydrogen-bond acceptors (Lipinski definition) is 1. The molecule has 1 rings (SSSR count). The van der Waals surface area contributed by atoms with E-state index in [1.54, 1.807) is 0 Å². The van der Waals surface area contributed by atoms with E-state index in [9.17, 15) is 0 Å². The van der Waals surface area contributed by atoms with Gasteiger partial charge in [-0.05, 0) is 42.5 Å². The minimum absolute atomic E-state index is 0.654. The maximum absolute atomic E-state index is 6.26. The minimum atomic E-state index is 0.654. The van der Waals surface area contributed by atoms with E-state index in [2.05, 4.69) is 44.3 Å². The van der Waals surface area contributed by atoms with Crippen molar-refractivity contribution in [1.29, 1.82) is 0 Å². The molecule has 0 amide bonds. The van der Waals surface area contributed by atoms with Crippen molar-refractivity contribution in [3.8, 4) is 0 Å². The molecule has 1 aromatic rings. The molecule has 0 radical (unpaired) electrons. The van der Waals surface area contributed by atoms with Crippen LogP contribution in [0.15, 0.2) is 18.2 Å². The maximum Gasteiger partial charge on any atom is 0.0441 e. The molecule has 0 aliphatic rings. The number of rotatable bonds is 6. The SMILES string of the molecule is CCCNCc1ccc(CC(C)C)c(Cl)c1. The Morgan fingerprint density at radius 3 is 2.62 bits per heavy atom. The summed E-state index contributed by atoms with van der Waals surface area (Å²) in [6.07, 6.45) is 2.22. The standard InChI is InChI=1S/C14H22ClN/c1-4-7-16-10-12-5-6-13(8-11(2)3)14(15)9-12/h5-6,9,11,16H,4,7-8,10H2,1-3H3. The van der Waals surface area contributed by atoms with Crippen molar-refractivity contribution in [2.75, 3.05) is 6.54 Å². The Balaban J connectivity index is 2.60. The fraction of sp³-hybridized carbons (Fsp3) is 0.571. The van der Waals surface area contributed by atoms with Gasteiger partial charge in [-0.25, -0.2) is 0 Å². The predicted molar refractivity (Wildman–Crippen MR) is 72.0 cm³/mol. The Morgan fingerprint density at radius 2 is 2.06 bits per heavy atom. The maximum atomic E-state index is 6.26. The number of hydrogen-bond donors (Lipinski definition) is 1. The summed E-state index contributed by atoms with van der Waals surface area (Å²) < 4.78 is 0. The molecule has 0 heterocycles. The van der Waals surface area contributed by atoms with Gasteiger partial charge in [0.25, 0.3) is 0 Å². The predicted octanol–water partition coefficient (Wildman–Crippen LogP) is 4.04. The molecule has 0 saturated heterocycles. The normalized spacial score (nSPS) is 11.1. The lowest BCUT2D eigenvalue weighted by Gasteiger charge is -2.09. The van der Waals surface area contributed by atoms with Gasteiger partial charge in [-0.1, -0.05) is 44.5 Å². The van der Waals surface area contributed by atoms with Crippen molar-refractivity contribution in [2.45, 2.75) is 40.2 Å². The molecule has 1 N–H and O–H groups in total. The van der Waals surface area contributed by atoms with Crippen LogP contribution in [0.4, 0.5) is 0 Å². The van der Waals surface area contributed by atoms with Gasteiger partial charge >= 0.3 is 0 Å². The Morgan fingerprint density at radius 1 is 1.31 bits per heavy atom. The monoisotopic (exact) mass is 239 g/mol. The summed E-state index contributed by atoms with van der Waals surface area (Å²) in [6, 6.07) is 6.42. The molecule has 0 unspecified atom stereocenters. The van der Waals surface area contributed by atoms with Gasteiger partial charge in [-0.2, -0.15) is 0 Å². The van der Waals surface area contributed by atoms with Gasteiger partial charge in [-0.3, -0.25) is 0 Å². The molecular formula is C14H22ClN. The smallest absolute Gasteiger partial charge is 0.0441 e. The van der Waals surface area contributed by atoms with E-state index in [0.29, 0.717) is 5.92 Å². The van der Waals surface area contributed by atoms with Crippen LogP contribution in [0.3, 0.4) is 0 Å². The molecule has 0 aliphatic heterocycles. The largest absolute Gasteiger partial charge is 0.313 e. The Kier molecular flexibility index (Phi) is 5.86. The van der Waals surface area contributed by atoms with E-state index in [0.717, 1.165) is 24.5 Å². The molecule has 90 valence electrons. The quantitative estimate of drug-likeness (QED) is 0.739. The summed E-state index contributed by atoms with van der Waals surface area (Å²) in [6.45, 7) is 8.58. The molecule has 0 spiro atoms. The van der Waals surface area contributed by atoms with E-state index in [4.69, 9.17) is 11.6 Å². The number of benzene rings is 1. The fourth-order valence-corrected chi connectivity index (χ4v) is 2.00. The molecule has 2 heteroatoms. The molecule has 0 fully saturated rings. The first-order valence-corrected chi connectivity index (χ1v) is 6.49. The summed E-state index contributed by atoms with van der Waals surface area (Å²) in [5.74, 6) is 0.654. The van der Waals surface area contributed by atoms with Crippen molar-refractivity contribution >= 4 is 11.6 Å². The van der Waals surface area contributed by atoms with E-state index in [1.807, 2.05) is 0 Å². The third kappa shape index (κ3) is 4.54. The fourth-order valence-electron chi connectivity index (χ4n) is 1.72. The highest BCUT2D eigenvalue weighted by atomic mass is 35.5. The van der Waals surface area contributed by atoms with Crippen LogP contribution < -0.4 is 5.32 Å². The Hall–Kier alpha value is -0.530. The van der Waals surface area contributed by atoms with E-state index in [1.165, 1.54) is 17.5 Å². The van der Waals surface area contributed by atoms with Gasteiger partial charge < -0.3 is 5.32 Å². The lowest BCUT2D eigenvalue weighted by molar-refractivity contribution is 0.646. The highest BCUT2D eigenvalue weighted by Crippen LogP contribution is 2.20. The van der Waals surface area contributed by atoms with Gasteiger partial charge in [0, 0.05) is 11.6 Å². The summed E-state index contributed by atoms with van der Waals surface area (Å²) in [7, 11) is 0. The first-order chi connectivity index (χ1) is 7.63. The average Bonchev–Trinajstić information content (AvgIpc) is 2.22. The van der Waals surface area contributed by atoms with Crippen molar-refractivity contribution in [3.63, 3.8) is 0 Å². The molecule has 0 aromatic heterocycles. The first-order valence-electron chi connectivity index (χ1n) is 6.11. The molecule has 0 bridgehead atoms. The second-order valence-corrected chi connectivity index (χ2v) is 5.11. The lowest BCUT2D eigenvalue weighted by atomic mass is 10.0. The third-order valence-electron chi connectivity index (χ3n) is 2.50. The summed E-state index contributed by atoms with van der Waals surface area (Å²) >= 11 is 6.26. The third-order valence-corrected chi connectivity index (χ3v) is 2.85. The summed E-state index contributed by atoms with van der Waals surface area (Å²) in [5, 5.41) is 4.29. The van der Waals surface area contributed by atoms with Crippen LogP contribution >= 0.6 is 11.6 Å². The molecule has 0 aliphatic carbocycles. The van der Waals surface area contributed by atoms with Crippen LogP contribution in [0.1, 0.15) is 38.3 Å². The van der Waals surface area contributed by atoms with Crippen molar-refractivity contribution in [3.05, 3.63) is 34.3 Å². The van der Waals surface area contributed by atoms with Crippen LogP contribution in [0.5, 0.6) is 0 Å². The highest BCUT2D eigenvalue weighted by molar-refractivity contribution is 6.31. The first kappa shape index (κ1) is 13.5. The molecule has 1 aromatic carbocycles. The van der Waals surface area contributed by atoms with E-state index >= 15 is 0 Å². The topological polar surface area (TPSA) is 12.0 Å². The highest BCUT2D eigenvalue weighted by Gasteiger charge is 2.04. The van der Waals surface area contributed by atoms with Crippen LogP contribution in [-0.4, -0.2) is 6.54 Å². The zero-order chi connectivity index (χ0) is 12.0. The Labute approximate surface area is 104 Å². The summed E-state index contributed by atoms with van der Waals surface area (Å²) in [5.41, 5.74) is 2.53. The molecule has 0 saturated carbocycles. The zero-order valence-electron chi connectivity index (χ0n) is 10.5. The van der Waals surface area contributed by atoms with Crippen molar-refractivity contribution in [2.24, 2.45) is 5.92 Å². The van der Waals surface area contributed by atoms with Gasteiger partial charge in [0.1, 0.15) is 0 Å². The Bertz CT molecular complexity index is 321.